The Morgan fingerprint density at radius 3 is 2.63 bits per heavy atom. The van der Waals surface area contributed by atoms with Crippen LogP contribution < -0.4 is 14.8 Å². The van der Waals surface area contributed by atoms with E-state index in [9.17, 15) is 0 Å². The molecular formula is C14H19N3O2. The third-order valence-corrected chi connectivity index (χ3v) is 2.99. The molecule has 0 spiro atoms. The first-order chi connectivity index (χ1) is 9.13. The van der Waals surface area contributed by atoms with Gasteiger partial charge >= 0.3 is 0 Å². The fraction of sp³-hybridized carbons (Fsp3) is 0.357. The fourth-order valence-corrected chi connectivity index (χ4v) is 2.00. The van der Waals surface area contributed by atoms with E-state index in [0.717, 1.165) is 22.7 Å². The highest BCUT2D eigenvalue weighted by atomic mass is 16.5. The second kappa shape index (κ2) is 5.65. The van der Waals surface area contributed by atoms with Crippen LogP contribution in [0.2, 0.25) is 0 Å². The topological polar surface area (TPSA) is 48.3 Å². The monoisotopic (exact) mass is 261 g/mol. The number of nitrogens with one attached hydrogen (secondary N) is 1. The molecule has 0 unspecified atom stereocenters. The minimum Gasteiger partial charge on any atom is -0.497 e. The molecule has 2 aromatic rings. The summed E-state index contributed by atoms with van der Waals surface area (Å²) in [5, 5.41) is 7.52. The van der Waals surface area contributed by atoms with E-state index >= 15 is 0 Å². The van der Waals surface area contributed by atoms with Crippen molar-refractivity contribution < 1.29 is 9.47 Å². The lowest BCUT2D eigenvalue weighted by molar-refractivity contribution is 0.397. The molecule has 1 aromatic heterocycles. The summed E-state index contributed by atoms with van der Waals surface area (Å²) in [7, 11) is 5.22. The Labute approximate surface area is 113 Å². The lowest BCUT2D eigenvalue weighted by atomic mass is 10.1. The van der Waals surface area contributed by atoms with Crippen molar-refractivity contribution >= 4 is 5.69 Å². The van der Waals surface area contributed by atoms with Gasteiger partial charge in [0.1, 0.15) is 11.5 Å². The van der Waals surface area contributed by atoms with Gasteiger partial charge in [0.05, 0.1) is 32.1 Å². The Balaban J connectivity index is 2.23. The Bertz CT molecular complexity index is 551. The Morgan fingerprint density at radius 1 is 1.26 bits per heavy atom. The minimum absolute atomic E-state index is 0.0919. The van der Waals surface area contributed by atoms with E-state index in [1.807, 2.05) is 31.4 Å². The largest absolute Gasteiger partial charge is 0.497 e. The van der Waals surface area contributed by atoms with Crippen LogP contribution in [0.25, 0.3) is 0 Å². The van der Waals surface area contributed by atoms with Crippen LogP contribution >= 0.6 is 0 Å². The van der Waals surface area contributed by atoms with Gasteiger partial charge < -0.3 is 14.8 Å². The molecular weight excluding hydrogens is 242 g/mol. The van der Waals surface area contributed by atoms with Gasteiger partial charge in [-0.1, -0.05) is 0 Å². The van der Waals surface area contributed by atoms with Crippen molar-refractivity contribution in [1.82, 2.24) is 9.78 Å². The summed E-state index contributed by atoms with van der Waals surface area (Å²) in [6, 6.07) is 5.87. The first-order valence-corrected chi connectivity index (χ1v) is 6.11. The molecule has 0 saturated heterocycles. The number of aryl methyl sites for hydroxylation is 1. The molecule has 0 aliphatic carbocycles. The van der Waals surface area contributed by atoms with E-state index in [1.54, 1.807) is 25.1 Å². The van der Waals surface area contributed by atoms with Gasteiger partial charge in [0.2, 0.25) is 0 Å². The maximum atomic E-state index is 5.39. The summed E-state index contributed by atoms with van der Waals surface area (Å²) in [5.74, 6) is 1.65. The molecule has 1 aromatic carbocycles. The molecule has 5 nitrogen and oxygen atoms in total. The van der Waals surface area contributed by atoms with Crippen LogP contribution in [0.15, 0.2) is 30.6 Å². The van der Waals surface area contributed by atoms with E-state index in [4.69, 9.17) is 9.47 Å². The van der Waals surface area contributed by atoms with Crippen LogP contribution in [0, 0.1) is 0 Å². The highest BCUT2D eigenvalue weighted by Crippen LogP contribution is 2.31. The van der Waals surface area contributed by atoms with Crippen molar-refractivity contribution in [2.24, 2.45) is 7.05 Å². The van der Waals surface area contributed by atoms with Crippen molar-refractivity contribution in [3.05, 3.63) is 36.2 Å². The number of methoxy groups -OCH3 is 2. The van der Waals surface area contributed by atoms with E-state index in [-0.39, 0.29) is 6.04 Å². The molecule has 1 N–H and O–H groups in total. The van der Waals surface area contributed by atoms with Crippen molar-refractivity contribution in [2.75, 3.05) is 19.5 Å². The number of anilines is 1. The molecule has 0 radical (unpaired) electrons. The number of hydrogen-bond donors (Lipinski definition) is 1. The standard InChI is InChI=1S/C14H19N3O2/c1-10(16-11-8-15-17(2)9-11)13-7-12(18-3)5-6-14(13)19-4/h5-10,16H,1-4H3/t10-/m1/s1. The molecule has 0 aliphatic heterocycles. The predicted molar refractivity (Wildman–Crippen MR) is 74.8 cm³/mol. The van der Waals surface area contributed by atoms with Crippen LogP contribution in [-0.4, -0.2) is 24.0 Å². The summed E-state index contributed by atoms with van der Waals surface area (Å²) < 4.78 is 12.4. The zero-order valence-electron chi connectivity index (χ0n) is 11.7. The van der Waals surface area contributed by atoms with E-state index < -0.39 is 0 Å². The predicted octanol–water partition coefficient (Wildman–Crippen LogP) is 2.61. The highest BCUT2D eigenvalue weighted by molar-refractivity contribution is 5.47. The first kappa shape index (κ1) is 13.3. The molecule has 5 heteroatoms. The van der Waals surface area contributed by atoms with Gasteiger partial charge in [-0.3, -0.25) is 4.68 Å². The van der Waals surface area contributed by atoms with Gasteiger partial charge in [0.15, 0.2) is 0 Å². The van der Waals surface area contributed by atoms with Crippen LogP contribution in [0.1, 0.15) is 18.5 Å². The van der Waals surface area contributed by atoms with Gasteiger partial charge in [0.25, 0.3) is 0 Å². The second-order valence-electron chi connectivity index (χ2n) is 4.38. The zero-order valence-corrected chi connectivity index (χ0v) is 11.7. The zero-order chi connectivity index (χ0) is 13.8. The summed E-state index contributed by atoms with van der Waals surface area (Å²) >= 11 is 0. The van der Waals surface area contributed by atoms with Crippen molar-refractivity contribution in [1.29, 1.82) is 0 Å². The van der Waals surface area contributed by atoms with Crippen LogP contribution in [-0.2, 0) is 7.05 Å². The number of nitrogens with zero attached hydrogens (tertiary/aromatic N) is 2. The quantitative estimate of drug-likeness (QED) is 0.898. The lowest BCUT2D eigenvalue weighted by Crippen LogP contribution is -2.08. The van der Waals surface area contributed by atoms with Crippen molar-refractivity contribution in [3.8, 4) is 11.5 Å². The van der Waals surface area contributed by atoms with Gasteiger partial charge in [-0.05, 0) is 25.1 Å². The molecule has 1 atom stereocenters. The molecule has 19 heavy (non-hydrogen) atoms. The van der Waals surface area contributed by atoms with E-state index in [0.29, 0.717) is 0 Å². The molecule has 0 fully saturated rings. The van der Waals surface area contributed by atoms with Crippen LogP contribution in [0.5, 0.6) is 11.5 Å². The summed E-state index contributed by atoms with van der Waals surface area (Å²) in [5.41, 5.74) is 2.02. The first-order valence-electron chi connectivity index (χ1n) is 6.11. The number of aromatic nitrogens is 2. The van der Waals surface area contributed by atoms with E-state index in [1.165, 1.54) is 0 Å². The summed E-state index contributed by atoms with van der Waals surface area (Å²) in [6.45, 7) is 2.07. The second-order valence-corrected chi connectivity index (χ2v) is 4.38. The molecule has 0 amide bonds. The van der Waals surface area contributed by atoms with E-state index in [2.05, 4.69) is 17.3 Å². The van der Waals surface area contributed by atoms with Crippen LogP contribution in [0.3, 0.4) is 0 Å². The SMILES string of the molecule is COc1ccc(OC)c([C@@H](C)Nc2cnn(C)c2)c1. The van der Waals surface area contributed by atoms with Crippen molar-refractivity contribution in [3.63, 3.8) is 0 Å². The average Bonchev–Trinajstić information content (AvgIpc) is 2.83. The molecule has 0 bridgehead atoms. The van der Waals surface area contributed by atoms with Gasteiger partial charge in [0, 0.05) is 18.8 Å². The molecule has 0 aliphatic rings. The van der Waals surface area contributed by atoms with Gasteiger partial charge in [-0.2, -0.15) is 5.10 Å². The third kappa shape index (κ3) is 2.99. The number of rotatable bonds is 5. The van der Waals surface area contributed by atoms with Crippen molar-refractivity contribution in [2.45, 2.75) is 13.0 Å². The summed E-state index contributed by atoms with van der Waals surface area (Å²) in [6.07, 6.45) is 3.73. The normalized spacial score (nSPS) is 12.0. The number of ether oxygens (including phenoxy) is 2. The van der Waals surface area contributed by atoms with Gasteiger partial charge in [-0.15, -0.1) is 0 Å². The van der Waals surface area contributed by atoms with Crippen LogP contribution in [0.4, 0.5) is 5.69 Å². The minimum atomic E-state index is 0.0919. The smallest absolute Gasteiger partial charge is 0.124 e. The molecule has 2 rings (SSSR count). The Kier molecular flexibility index (Phi) is 3.94. The number of hydrogen-bond acceptors (Lipinski definition) is 4. The van der Waals surface area contributed by atoms with Gasteiger partial charge in [-0.25, -0.2) is 0 Å². The molecule has 0 saturated carbocycles. The maximum Gasteiger partial charge on any atom is 0.124 e. The fourth-order valence-electron chi connectivity index (χ4n) is 2.00. The Hall–Kier alpha value is -2.17. The molecule has 1 heterocycles. The molecule has 102 valence electrons. The third-order valence-electron chi connectivity index (χ3n) is 2.99. The lowest BCUT2D eigenvalue weighted by Gasteiger charge is -2.18. The highest BCUT2D eigenvalue weighted by Gasteiger charge is 2.13. The average molecular weight is 261 g/mol. The Morgan fingerprint density at radius 2 is 2.05 bits per heavy atom. The summed E-state index contributed by atoms with van der Waals surface area (Å²) in [4.78, 5) is 0. The number of benzene rings is 1. The maximum absolute atomic E-state index is 5.39.